The quantitative estimate of drug-likeness (QED) is 0.154. The van der Waals surface area contributed by atoms with E-state index in [1.165, 1.54) is 83.5 Å². The van der Waals surface area contributed by atoms with Crippen molar-refractivity contribution in [2.24, 2.45) is 0 Å². The molecule has 0 fully saturated rings. The Labute approximate surface area is 222 Å². The van der Waals surface area contributed by atoms with Crippen LogP contribution in [0, 0.1) is 0 Å². The third-order valence-corrected chi connectivity index (χ3v) is 6.70. The highest BCUT2D eigenvalue weighted by Gasteiger charge is 2.26. The molecule has 1 aromatic carbocycles. The van der Waals surface area contributed by atoms with Gasteiger partial charge in [-0.15, -0.1) is 0 Å². The highest BCUT2D eigenvalue weighted by Crippen LogP contribution is 2.41. The van der Waals surface area contributed by atoms with Crippen LogP contribution in [-0.2, 0) is 15.6 Å². The van der Waals surface area contributed by atoms with Gasteiger partial charge in [0, 0.05) is 17.5 Å². The Kier molecular flexibility index (Phi) is 17.6. The van der Waals surface area contributed by atoms with Gasteiger partial charge in [0.15, 0.2) is 0 Å². The maximum atomic E-state index is 10.3. The fourth-order valence-corrected chi connectivity index (χ4v) is 4.41. The Morgan fingerprint density at radius 1 is 0.611 bits per heavy atom. The van der Waals surface area contributed by atoms with Crippen molar-refractivity contribution in [1.82, 2.24) is 0 Å². The van der Waals surface area contributed by atoms with Gasteiger partial charge in [0.1, 0.15) is 11.5 Å². The molecular formula is C32H58O4. The minimum atomic E-state index is -0.653. The van der Waals surface area contributed by atoms with Gasteiger partial charge in [0.25, 0.3) is 0 Å². The van der Waals surface area contributed by atoms with E-state index in [2.05, 4.69) is 6.92 Å². The number of hydrogen-bond acceptors (Lipinski definition) is 3. The molecule has 1 rings (SSSR count). The monoisotopic (exact) mass is 506 g/mol. The van der Waals surface area contributed by atoms with E-state index in [1.807, 2.05) is 41.5 Å². The van der Waals surface area contributed by atoms with Crippen molar-refractivity contribution in [3.63, 3.8) is 0 Å². The number of unbranched alkanes of at least 4 members (excludes halogenated alkanes) is 14. The zero-order valence-corrected chi connectivity index (χ0v) is 24.7. The van der Waals surface area contributed by atoms with Gasteiger partial charge in [-0.3, -0.25) is 4.79 Å². The lowest BCUT2D eigenvalue weighted by Gasteiger charge is -2.27. The molecule has 0 heterocycles. The third kappa shape index (κ3) is 16.9. The van der Waals surface area contributed by atoms with Crippen molar-refractivity contribution >= 4 is 5.97 Å². The first-order valence-electron chi connectivity index (χ1n) is 14.6. The summed E-state index contributed by atoms with van der Waals surface area (Å²) in [4.78, 5) is 10.3. The molecule has 0 aromatic heterocycles. The summed E-state index contributed by atoms with van der Waals surface area (Å²) in [5.41, 5.74) is 1.22. The van der Waals surface area contributed by atoms with Crippen LogP contribution < -0.4 is 0 Å². The molecule has 4 heteroatoms. The average molecular weight is 507 g/mol. The molecule has 36 heavy (non-hydrogen) atoms. The summed E-state index contributed by atoms with van der Waals surface area (Å²) in [5.74, 6) is -0.134. The molecule has 0 aliphatic heterocycles. The van der Waals surface area contributed by atoms with Crippen LogP contribution in [0.2, 0.25) is 0 Å². The van der Waals surface area contributed by atoms with Gasteiger partial charge in [0.05, 0.1) is 0 Å². The molecule has 0 saturated heterocycles. The lowest BCUT2D eigenvalue weighted by molar-refractivity contribution is -0.137. The van der Waals surface area contributed by atoms with E-state index in [4.69, 9.17) is 5.11 Å². The number of aromatic hydroxyl groups is 2. The van der Waals surface area contributed by atoms with E-state index in [0.29, 0.717) is 12.2 Å². The molecule has 0 radical (unpaired) electrons. The Morgan fingerprint density at radius 3 is 1.19 bits per heavy atom. The van der Waals surface area contributed by atoms with Gasteiger partial charge in [-0.2, -0.15) is 0 Å². The van der Waals surface area contributed by atoms with Crippen LogP contribution in [0.3, 0.4) is 0 Å². The van der Waals surface area contributed by atoms with Crippen LogP contribution in [-0.4, -0.2) is 21.3 Å². The predicted molar refractivity (Wildman–Crippen MR) is 154 cm³/mol. The number of carboxylic acid groups (broad SMARTS) is 1. The number of carboxylic acids is 1. The summed E-state index contributed by atoms with van der Waals surface area (Å²) < 4.78 is 0. The standard InChI is InChI=1S/C18H36O2.C14H22O2/c1-2-3-4-5-6-7-8-9-10-11-12-13-14-15-16-17-18(19)20;1-13(2,3)10-7-9(15)8-11(12(10)16)14(4,5)6/h2-17H2,1H3,(H,19,20);7-8,15-16H,1-6H3. The summed E-state index contributed by atoms with van der Waals surface area (Å²) >= 11 is 0. The van der Waals surface area contributed by atoms with E-state index < -0.39 is 5.97 Å². The SMILES string of the molecule is CC(C)(C)c1cc(O)cc(C(C)(C)C)c1O.CCCCCCCCCCCCCCCCCC(=O)O. The van der Waals surface area contributed by atoms with E-state index in [9.17, 15) is 15.0 Å². The van der Waals surface area contributed by atoms with Crippen molar-refractivity contribution in [1.29, 1.82) is 0 Å². The highest BCUT2D eigenvalue weighted by atomic mass is 16.4. The predicted octanol–water partition coefficient (Wildman–Crippen LogP) is 10.0. The van der Waals surface area contributed by atoms with Crippen LogP contribution in [0.25, 0.3) is 0 Å². The second kappa shape index (κ2) is 18.5. The highest BCUT2D eigenvalue weighted by molar-refractivity contribution is 5.66. The minimum absolute atomic E-state index is 0.178. The fraction of sp³-hybridized carbons (Fsp3) is 0.781. The normalized spacial score (nSPS) is 11.8. The third-order valence-electron chi connectivity index (χ3n) is 6.70. The largest absolute Gasteiger partial charge is 0.508 e. The maximum absolute atomic E-state index is 10.3. The Bertz CT molecular complexity index is 675. The van der Waals surface area contributed by atoms with Crippen molar-refractivity contribution < 1.29 is 20.1 Å². The topological polar surface area (TPSA) is 77.8 Å². The van der Waals surface area contributed by atoms with E-state index >= 15 is 0 Å². The molecule has 0 bridgehead atoms. The zero-order valence-electron chi connectivity index (χ0n) is 24.7. The fourth-order valence-electron chi connectivity index (χ4n) is 4.41. The van der Waals surface area contributed by atoms with Gasteiger partial charge in [0.2, 0.25) is 0 Å². The van der Waals surface area contributed by atoms with Gasteiger partial charge >= 0.3 is 5.97 Å². The van der Waals surface area contributed by atoms with Gasteiger partial charge in [-0.25, -0.2) is 0 Å². The van der Waals surface area contributed by atoms with Crippen LogP contribution in [0.1, 0.15) is 162 Å². The number of hydrogen-bond donors (Lipinski definition) is 3. The molecule has 3 N–H and O–H groups in total. The Morgan fingerprint density at radius 2 is 0.917 bits per heavy atom. The first kappa shape index (κ1) is 34.3. The molecule has 4 nitrogen and oxygen atoms in total. The molecule has 0 amide bonds. The van der Waals surface area contributed by atoms with Crippen LogP contribution in [0.4, 0.5) is 0 Å². The zero-order chi connectivity index (χ0) is 27.6. The first-order chi connectivity index (χ1) is 16.8. The smallest absolute Gasteiger partial charge is 0.303 e. The van der Waals surface area contributed by atoms with E-state index in [0.717, 1.165) is 24.0 Å². The number of carbonyl (C=O) groups is 1. The number of phenolic OH excluding ortho intramolecular Hbond substituents is 2. The van der Waals surface area contributed by atoms with Gasteiger partial charge < -0.3 is 15.3 Å². The molecule has 0 aliphatic rings. The maximum Gasteiger partial charge on any atom is 0.303 e. The number of phenols is 2. The number of benzene rings is 1. The lowest BCUT2D eigenvalue weighted by Crippen LogP contribution is -2.16. The molecular weight excluding hydrogens is 448 g/mol. The Hall–Kier alpha value is -1.71. The number of aliphatic carboxylic acids is 1. The summed E-state index contributed by atoms with van der Waals surface area (Å²) in [6, 6.07) is 3.29. The second-order valence-electron chi connectivity index (χ2n) is 12.5. The molecule has 1 aromatic rings. The summed E-state index contributed by atoms with van der Waals surface area (Å²) in [7, 11) is 0. The van der Waals surface area contributed by atoms with E-state index in [1.54, 1.807) is 12.1 Å². The lowest BCUT2D eigenvalue weighted by atomic mass is 9.79. The molecule has 0 saturated carbocycles. The number of rotatable bonds is 16. The molecule has 0 atom stereocenters. The summed E-state index contributed by atoms with van der Waals surface area (Å²) in [6.45, 7) is 14.4. The van der Waals surface area contributed by atoms with Crippen molar-refractivity contribution in [2.45, 2.75) is 162 Å². The summed E-state index contributed by atoms with van der Waals surface area (Å²) in [5, 5.41) is 28.5. The first-order valence-corrected chi connectivity index (χ1v) is 14.6. The molecule has 0 aliphatic carbocycles. The van der Waals surface area contributed by atoms with Crippen molar-refractivity contribution in [3.05, 3.63) is 23.3 Å². The van der Waals surface area contributed by atoms with Gasteiger partial charge in [-0.1, -0.05) is 138 Å². The van der Waals surface area contributed by atoms with E-state index in [-0.39, 0.29) is 16.6 Å². The van der Waals surface area contributed by atoms with Crippen LogP contribution in [0.5, 0.6) is 11.5 Å². The average Bonchev–Trinajstić information content (AvgIpc) is 2.76. The minimum Gasteiger partial charge on any atom is -0.508 e. The van der Waals surface area contributed by atoms with Crippen molar-refractivity contribution in [2.75, 3.05) is 0 Å². The Balaban J connectivity index is 0.000000696. The molecule has 0 spiro atoms. The van der Waals surface area contributed by atoms with Crippen LogP contribution >= 0.6 is 0 Å². The molecule has 0 unspecified atom stereocenters. The van der Waals surface area contributed by atoms with Crippen LogP contribution in [0.15, 0.2) is 12.1 Å². The van der Waals surface area contributed by atoms with Gasteiger partial charge in [-0.05, 0) is 29.4 Å². The summed E-state index contributed by atoms with van der Waals surface area (Å²) in [6.07, 6.45) is 20.2. The molecule has 210 valence electrons. The second-order valence-corrected chi connectivity index (χ2v) is 12.5. The van der Waals surface area contributed by atoms with Crippen molar-refractivity contribution in [3.8, 4) is 11.5 Å².